The number of nitrogens with zero attached hydrogens (tertiary/aromatic N) is 6. The van der Waals surface area contributed by atoms with Gasteiger partial charge >= 0.3 is 6.09 Å². The third kappa shape index (κ3) is 6.69. The summed E-state index contributed by atoms with van der Waals surface area (Å²) in [7, 11) is 0. The number of thiazole rings is 1. The molecular formula is C26H28N6O4S. The van der Waals surface area contributed by atoms with Gasteiger partial charge in [-0.05, 0) is 41.0 Å². The molecule has 1 atom stereocenters. The number of carbonyl (C=O) groups is 1. The summed E-state index contributed by atoms with van der Waals surface area (Å²) in [5, 5.41) is 14.5. The van der Waals surface area contributed by atoms with E-state index in [0.29, 0.717) is 32.1 Å². The quantitative estimate of drug-likeness (QED) is 0.285. The number of para-hydroxylation sites is 1. The molecule has 1 saturated heterocycles. The summed E-state index contributed by atoms with van der Waals surface area (Å²) in [5.41, 5.74) is 1.84. The zero-order chi connectivity index (χ0) is 25.3. The van der Waals surface area contributed by atoms with Crippen molar-refractivity contribution in [2.24, 2.45) is 0 Å². The van der Waals surface area contributed by atoms with Crippen molar-refractivity contribution in [2.45, 2.75) is 31.6 Å². The van der Waals surface area contributed by atoms with Crippen LogP contribution in [0.3, 0.4) is 0 Å². The van der Waals surface area contributed by atoms with Crippen molar-refractivity contribution in [3.63, 3.8) is 0 Å². The lowest BCUT2D eigenvalue weighted by Crippen LogP contribution is -2.38. The minimum atomic E-state index is -0.568. The Morgan fingerprint density at radius 2 is 1.78 bits per heavy atom. The van der Waals surface area contributed by atoms with Gasteiger partial charge in [0.25, 0.3) is 0 Å². The van der Waals surface area contributed by atoms with Crippen molar-refractivity contribution in [3.8, 4) is 5.75 Å². The first kappa shape index (κ1) is 24.8. The molecule has 192 valence electrons. The first-order chi connectivity index (χ1) is 18.3. The van der Waals surface area contributed by atoms with Crippen LogP contribution in [0.25, 0.3) is 0 Å². The van der Waals surface area contributed by atoms with Crippen LogP contribution in [-0.4, -0.2) is 62.5 Å². The number of piperidine rings is 1. The van der Waals surface area contributed by atoms with E-state index >= 15 is 0 Å². The Hall–Kier alpha value is -3.83. The number of benzene rings is 2. The normalized spacial score (nSPS) is 14.9. The van der Waals surface area contributed by atoms with Gasteiger partial charge < -0.3 is 19.1 Å². The minimum absolute atomic E-state index is 0.237. The summed E-state index contributed by atoms with van der Waals surface area (Å²) < 4.78 is 18.7. The van der Waals surface area contributed by atoms with Gasteiger partial charge in [-0.25, -0.2) is 9.78 Å². The lowest BCUT2D eigenvalue weighted by atomic mass is 9.98. The number of likely N-dealkylation sites (tertiary alicyclic amines) is 1. The molecule has 37 heavy (non-hydrogen) atoms. The molecule has 5 rings (SSSR count). The second-order valence-electron chi connectivity index (χ2n) is 8.60. The fourth-order valence-electron chi connectivity index (χ4n) is 4.11. The fraction of sp³-hybridized carbons (Fsp3) is 0.346. The molecule has 0 aliphatic carbocycles. The van der Waals surface area contributed by atoms with Gasteiger partial charge in [0, 0.05) is 24.4 Å². The van der Waals surface area contributed by atoms with Gasteiger partial charge in [-0.15, -0.1) is 16.4 Å². The van der Waals surface area contributed by atoms with E-state index in [0.717, 1.165) is 29.1 Å². The number of aromatic nitrogens is 5. The molecule has 0 saturated carbocycles. The Morgan fingerprint density at radius 1 is 1.03 bits per heavy atom. The monoisotopic (exact) mass is 520 g/mol. The van der Waals surface area contributed by atoms with Crippen molar-refractivity contribution in [1.29, 1.82) is 0 Å². The van der Waals surface area contributed by atoms with Crippen molar-refractivity contribution in [2.75, 3.05) is 26.3 Å². The number of ether oxygens (including phenoxy) is 3. The predicted octanol–water partition coefficient (Wildman–Crippen LogP) is 4.29. The van der Waals surface area contributed by atoms with Gasteiger partial charge in [0.05, 0.1) is 18.2 Å². The first-order valence-electron chi connectivity index (χ1n) is 12.2. The Balaban J connectivity index is 1.10. The number of rotatable bonds is 10. The second-order valence-corrected chi connectivity index (χ2v) is 9.49. The summed E-state index contributed by atoms with van der Waals surface area (Å²) in [6.45, 7) is 2.36. The molecule has 0 radical (unpaired) electrons. The van der Waals surface area contributed by atoms with Crippen LogP contribution < -0.4 is 4.74 Å². The van der Waals surface area contributed by atoms with Gasteiger partial charge in [-0.2, -0.15) is 4.68 Å². The molecular weight excluding hydrogens is 492 g/mol. The first-order valence-corrected chi connectivity index (χ1v) is 13.1. The molecule has 10 nitrogen and oxygen atoms in total. The van der Waals surface area contributed by atoms with Crippen molar-refractivity contribution >= 4 is 17.4 Å². The highest BCUT2D eigenvalue weighted by atomic mass is 32.1. The van der Waals surface area contributed by atoms with Crippen LogP contribution in [-0.2, 0) is 16.1 Å². The molecule has 1 unspecified atom stereocenters. The van der Waals surface area contributed by atoms with Crippen LogP contribution in [0.1, 0.15) is 41.3 Å². The maximum Gasteiger partial charge on any atom is 0.409 e. The molecule has 2 aromatic heterocycles. The number of amides is 1. The van der Waals surface area contributed by atoms with Gasteiger partial charge in [0.2, 0.25) is 6.23 Å². The van der Waals surface area contributed by atoms with E-state index in [1.807, 2.05) is 66.0 Å². The third-order valence-corrected chi connectivity index (χ3v) is 7.08. The molecule has 11 heteroatoms. The molecule has 0 N–H and O–H groups in total. The maximum absolute atomic E-state index is 12.5. The van der Waals surface area contributed by atoms with E-state index in [2.05, 4.69) is 15.5 Å². The van der Waals surface area contributed by atoms with E-state index in [1.165, 1.54) is 6.33 Å². The number of tetrazole rings is 1. The van der Waals surface area contributed by atoms with Crippen LogP contribution in [0.15, 0.2) is 72.4 Å². The zero-order valence-corrected chi connectivity index (χ0v) is 21.1. The van der Waals surface area contributed by atoms with E-state index < -0.39 is 6.23 Å². The predicted molar refractivity (Wildman–Crippen MR) is 136 cm³/mol. The Morgan fingerprint density at radius 3 is 2.51 bits per heavy atom. The van der Waals surface area contributed by atoms with Gasteiger partial charge in [0.1, 0.15) is 24.4 Å². The summed E-state index contributed by atoms with van der Waals surface area (Å²) >= 11 is 1.60. The van der Waals surface area contributed by atoms with Crippen molar-refractivity contribution < 1.29 is 19.0 Å². The highest BCUT2D eigenvalue weighted by Crippen LogP contribution is 2.33. The second kappa shape index (κ2) is 12.4. The van der Waals surface area contributed by atoms with E-state index in [1.54, 1.807) is 20.9 Å². The Bertz CT molecular complexity index is 1230. The number of hydrogen-bond donors (Lipinski definition) is 0. The number of hydrogen-bond acceptors (Lipinski definition) is 9. The molecule has 0 bridgehead atoms. The van der Waals surface area contributed by atoms with E-state index in [-0.39, 0.29) is 18.6 Å². The maximum atomic E-state index is 12.5. The molecule has 2 aromatic carbocycles. The lowest BCUT2D eigenvalue weighted by molar-refractivity contribution is 0.0453. The average Bonchev–Trinajstić information content (AvgIpc) is 3.66. The number of carbonyl (C=O) groups excluding carboxylic acids is 1. The molecule has 0 spiro atoms. The highest BCUT2D eigenvalue weighted by molar-refractivity contribution is 7.09. The summed E-state index contributed by atoms with van der Waals surface area (Å²) in [6, 6.07) is 19.4. The van der Waals surface area contributed by atoms with Gasteiger partial charge in [-0.3, -0.25) is 0 Å². The molecule has 1 aliphatic rings. The Kier molecular flexibility index (Phi) is 8.34. The largest absolute Gasteiger partial charge is 0.463 e. The van der Waals surface area contributed by atoms with Crippen LogP contribution in [0.5, 0.6) is 5.75 Å². The van der Waals surface area contributed by atoms with Gasteiger partial charge in [-0.1, -0.05) is 48.5 Å². The van der Waals surface area contributed by atoms with Crippen molar-refractivity contribution in [1.82, 2.24) is 30.1 Å². The topological polar surface area (TPSA) is 104 Å². The van der Waals surface area contributed by atoms with E-state index in [4.69, 9.17) is 19.2 Å². The smallest absolute Gasteiger partial charge is 0.409 e. The van der Waals surface area contributed by atoms with Crippen molar-refractivity contribution in [3.05, 3.63) is 88.6 Å². The SMILES string of the molecule is O=C(OCCOCc1ccccc1)N1CCC(c2nc(C(Oc3ccccc3)n3cnnn3)cs2)CC1. The lowest BCUT2D eigenvalue weighted by Gasteiger charge is -2.30. The summed E-state index contributed by atoms with van der Waals surface area (Å²) in [5.74, 6) is 0.970. The van der Waals surface area contributed by atoms with Crippen LogP contribution in [0.4, 0.5) is 4.79 Å². The van der Waals surface area contributed by atoms with Crippen LogP contribution in [0.2, 0.25) is 0 Å². The molecule has 4 aromatic rings. The summed E-state index contributed by atoms with van der Waals surface area (Å²) in [4.78, 5) is 19.1. The zero-order valence-electron chi connectivity index (χ0n) is 20.3. The molecule has 1 fully saturated rings. The van der Waals surface area contributed by atoms with Crippen LogP contribution in [0, 0.1) is 0 Å². The third-order valence-electron chi connectivity index (χ3n) is 6.06. The van der Waals surface area contributed by atoms with Crippen LogP contribution >= 0.6 is 11.3 Å². The van der Waals surface area contributed by atoms with E-state index in [9.17, 15) is 4.79 Å². The standard InChI is InChI=1S/C26H28N6O4S/c33-26(35-16-15-34-17-20-7-3-1-4-8-20)31-13-11-21(12-14-31)24-28-23(18-37-24)25(32-19-27-29-30-32)36-22-9-5-2-6-10-22/h1-10,18-19,21,25H,11-17H2. The minimum Gasteiger partial charge on any atom is -0.463 e. The molecule has 3 heterocycles. The van der Waals surface area contributed by atoms with Gasteiger partial charge in [0.15, 0.2) is 0 Å². The molecule has 1 aliphatic heterocycles. The summed E-state index contributed by atoms with van der Waals surface area (Å²) in [6.07, 6.45) is 2.30. The molecule has 1 amide bonds. The highest BCUT2D eigenvalue weighted by Gasteiger charge is 2.28. The average molecular weight is 521 g/mol. The fourth-order valence-corrected chi connectivity index (χ4v) is 5.10. The Labute approximate surface area is 218 Å².